The Labute approximate surface area is 94.9 Å². The SMILES string of the molecule is COC(=O)NCC(C)Cl.II. The molecule has 1 N–H and O–H groups in total. The van der Waals surface area contributed by atoms with Gasteiger partial charge < -0.3 is 10.1 Å². The van der Waals surface area contributed by atoms with Crippen LogP contribution in [0.4, 0.5) is 4.79 Å². The second-order valence-corrected chi connectivity index (χ2v) is 2.40. The molecule has 0 heterocycles. The van der Waals surface area contributed by atoms with Gasteiger partial charge in [0.05, 0.1) is 7.11 Å². The number of hydrogen-bond acceptors (Lipinski definition) is 2. The number of methoxy groups -OCH3 is 1. The number of ether oxygens (including phenoxy) is 1. The average molecular weight is 405 g/mol. The van der Waals surface area contributed by atoms with Gasteiger partial charge >= 0.3 is 6.09 Å². The van der Waals surface area contributed by atoms with Gasteiger partial charge in [0.15, 0.2) is 0 Å². The van der Waals surface area contributed by atoms with Crippen molar-refractivity contribution in [2.24, 2.45) is 0 Å². The number of alkyl carbamates (subject to hydrolysis) is 1. The average Bonchev–Trinajstić information content (AvgIpc) is 2.04. The highest BCUT2D eigenvalue weighted by Crippen LogP contribution is 1.89. The van der Waals surface area contributed by atoms with Crippen molar-refractivity contribution in [1.29, 1.82) is 0 Å². The van der Waals surface area contributed by atoms with E-state index in [4.69, 9.17) is 11.6 Å². The van der Waals surface area contributed by atoms with Crippen molar-refractivity contribution in [3.63, 3.8) is 0 Å². The maximum absolute atomic E-state index is 10.3. The summed E-state index contributed by atoms with van der Waals surface area (Å²) in [5, 5.41) is 2.39. The minimum atomic E-state index is -0.442. The van der Waals surface area contributed by atoms with Gasteiger partial charge in [0.25, 0.3) is 0 Å². The molecule has 0 radical (unpaired) electrons. The Hall–Kier alpha value is 1.02. The first kappa shape index (κ1) is 14.5. The molecule has 0 aliphatic heterocycles. The lowest BCUT2D eigenvalue weighted by atomic mass is 10.5. The third kappa shape index (κ3) is 13.9. The molecule has 0 spiro atoms. The van der Waals surface area contributed by atoms with Crippen LogP contribution in [0.3, 0.4) is 0 Å². The van der Waals surface area contributed by atoms with Gasteiger partial charge in [-0.1, -0.05) is 0 Å². The minimum absolute atomic E-state index is 0.0518. The van der Waals surface area contributed by atoms with Crippen LogP contribution in [0.2, 0.25) is 0 Å². The third-order valence-electron chi connectivity index (χ3n) is 0.713. The van der Waals surface area contributed by atoms with Crippen LogP contribution in [0.15, 0.2) is 0 Å². The van der Waals surface area contributed by atoms with E-state index in [1.807, 2.05) is 0 Å². The van der Waals surface area contributed by atoms with E-state index < -0.39 is 6.09 Å². The van der Waals surface area contributed by atoms with Crippen molar-refractivity contribution in [3.8, 4) is 0 Å². The fraction of sp³-hybridized carbons (Fsp3) is 0.800. The molecule has 0 rings (SSSR count). The van der Waals surface area contributed by atoms with E-state index in [9.17, 15) is 4.79 Å². The first-order valence-electron chi connectivity index (χ1n) is 2.77. The topological polar surface area (TPSA) is 38.3 Å². The number of alkyl halides is 1. The zero-order chi connectivity index (χ0) is 9.28. The molecule has 0 aliphatic carbocycles. The fourth-order valence-corrected chi connectivity index (χ4v) is 0.373. The first-order valence-corrected chi connectivity index (χ1v) is 9.49. The summed E-state index contributed by atoms with van der Waals surface area (Å²) < 4.78 is 4.29. The summed E-state index contributed by atoms with van der Waals surface area (Å²) in [7, 11) is 1.31. The van der Waals surface area contributed by atoms with Gasteiger partial charge in [0.1, 0.15) is 0 Å². The second-order valence-electron chi connectivity index (χ2n) is 1.65. The molecule has 0 aromatic carbocycles. The quantitative estimate of drug-likeness (QED) is 0.567. The van der Waals surface area contributed by atoms with Gasteiger partial charge in [-0.3, -0.25) is 0 Å². The van der Waals surface area contributed by atoms with Crippen LogP contribution >= 0.6 is 48.8 Å². The highest BCUT2D eigenvalue weighted by Gasteiger charge is 1.99. The zero-order valence-electron chi connectivity index (χ0n) is 6.23. The van der Waals surface area contributed by atoms with Gasteiger partial charge in [0.2, 0.25) is 0 Å². The Balaban J connectivity index is 0. The Morgan fingerprint density at radius 1 is 1.73 bits per heavy atom. The smallest absolute Gasteiger partial charge is 0.406 e. The Morgan fingerprint density at radius 3 is 2.45 bits per heavy atom. The lowest BCUT2D eigenvalue weighted by Gasteiger charge is -2.03. The van der Waals surface area contributed by atoms with Crippen LogP contribution in [-0.4, -0.2) is 25.1 Å². The number of amides is 1. The predicted molar refractivity (Wildman–Crippen MR) is 63.8 cm³/mol. The molecule has 1 amide bonds. The molecule has 3 nitrogen and oxygen atoms in total. The molecular weight excluding hydrogens is 395 g/mol. The van der Waals surface area contributed by atoms with Gasteiger partial charge in [0, 0.05) is 49.2 Å². The van der Waals surface area contributed by atoms with E-state index in [1.165, 1.54) is 7.11 Å². The molecule has 0 aromatic heterocycles. The second kappa shape index (κ2) is 11.0. The highest BCUT2D eigenvalue weighted by atomic mass is 128. The van der Waals surface area contributed by atoms with Gasteiger partial charge in [-0.05, 0) is 6.92 Å². The van der Waals surface area contributed by atoms with Crippen molar-refractivity contribution >= 4 is 54.9 Å². The summed E-state index contributed by atoms with van der Waals surface area (Å²) in [5.41, 5.74) is 0. The maximum atomic E-state index is 10.3. The molecule has 0 saturated carbocycles. The van der Waals surface area contributed by atoms with Crippen molar-refractivity contribution in [1.82, 2.24) is 5.32 Å². The largest absolute Gasteiger partial charge is 0.453 e. The lowest BCUT2D eigenvalue weighted by molar-refractivity contribution is 0.171. The highest BCUT2D eigenvalue weighted by molar-refractivity contribution is 15.0. The third-order valence-corrected chi connectivity index (χ3v) is 0.867. The summed E-state index contributed by atoms with van der Waals surface area (Å²) in [6, 6.07) is 0. The summed E-state index contributed by atoms with van der Waals surface area (Å²) in [5.74, 6) is 0. The summed E-state index contributed by atoms with van der Waals surface area (Å²) in [4.78, 5) is 10.3. The van der Waals surface area contributed by atoms with Gasteiger partial charge in [-0.15, -0.1) is 11.6 Å². The van der Waals surface area contributed by atoms with E-state index in [-0.39, 0.29) is 5.38 Å². The Morgan fingerprint density at radius 2 is 2.18 bits per heavy atom. The molecule has 11 heavy (non-hydrogen) atoms. The number of hydrogen-bond donors (Lipinski definition) is 1. The molecule has 6 heteroatoms. The van der Waals surface area contributed by atoms with E-state index in [1.54, 1.807) is 6.92 Å². The van der Waals surface area contributed by atoms with E-state index in [0.29, 0.717) is 6.54 Å². The molecule has 0 bridgehead atoms. The van der Waals surface area contributed by atoms with Crippen LogP contribution < -0.4 is 5.32 Å². The van der Waals surface area contributed by atoms with Crippen molar-refractivity contribution in [2.75, 3.05) is 13.7 Å². The van der Waals surface area contributed by atoms with Crippen LogP contribution in [0.1, 0.15) is 6.92 Å². The van der Waals surface area contributed by atoms with Crippen molar-refractivity contribution < 1.29 is 9.53 Å². The fourth-order valence-electron chi connectivity index (χ4n) is 0.296. The van der Waals surface area contributed by atoms with Gasteiger partial charge in [-0.25, -0.2) is 4.79 Å². The zero-order valence-corrected chi connectivity index (χ0v) is 11.3. The summed E-state index contributed by atoms with van der Waals surface area (Å²) in [6.07, 6.45) is -0.442. The molecular formula is C5H10ClI2NO2. The van der Waals surface area contributed by atoms with E-state index in [0.717, 1.165) is 0 Å². The van der Waals surface area contributed by atoms with Crippen LogP contribution in [0.5, 0.6) is 0 Å². The van der Waals surface area contributed by atoms with Crippen molar-refractivity contribution in [2.45, 2.75) is 12.3 Å². The van der Waals surface area contributed by atoms with E-state index in [2.05, 4.69) is 47.3 Å². The summed E-state index contributed by atoms with van der Waals surface area (Å²) in [6.45, 7) is 2.23. The molecule has 1 atom stereocenters. The van der Waals surface area contributed by atoms with Crippen molar-refractivity contribution in [3.05, 3.63) is 0 Å². The predicted octanol–water partition coefficient (Wildman–Crippen LogP) is 2.74. The number of rotatable bonds is 2. The molecule has 68 valence electrons. The standard InChI is InChI=1S/C5H10ClNO2.I2/c1-4(6)3-7-5(8)9-2;1-2/h4H,3H2,1-2H3,(H,7,8);. The molecule has 0 fully saturated rings. The number of halogens is 3. The number of carbonyl (C=O) groups is 1. The normalized spacial score (nSPS) is 10.6. The molecule has 1 unspecified atom stereocenters. The first-order chi connectivity index (χ1) is 5.16. The summed E-state index contributed by atoms with van der Waals surface area (Å²) >= 11 is 9.75. The van der Waals surface area contributed by atoms with Crippen LogP contribution in [0, 0.1) is 0 Å². The van der Waals surface area contributed by atoms with Crippen LogP contribution in [-0.2, 0) is 4.74 Å². The number of carbonyl (C=O) groups excluding carboxylic acids is 1. The molecule has 0 saturated heterocycles. The Kier molecular flexibility index (Phi) is 14.6. The van der Waals surface area contributed by atoms with Gasteiger partial charge in [-0.2, -0.15) is 0 Å². The monoisotopic (exact) mass is 405 g/mol. The van der Waals surface area contributed by atoms with E-state index >= 15 is 0 Å². The van der Waals surface area contributed by atoms with Crippen LogP contribution in [0.25, 0.3) is 0 Å². The number of nitrogens with one attached hydrogen (secondary N) is 1. The lowest BCUT2D eigenvalue weighted by Crippen LogP contribution is -2.28. The minimum Gasteiger partial charge on any atom is -0.453 e. The molecule has 0 aromatic rings. The maximum Gasteiger partial charge on any atom is 0.406 e. The molecule has 0 aliphatic rings. The Bertz CT molecular complexity index is 102.